The maximum atomic E-state index is 11.5. The number of aryl methyl sites for hydroxylation is 2. The van der Waals surface area contributed by atoms with Crippen LogP contribution in [0.5, 0.6) is 5.75 Å². The van der Waals surface area contributed by atoms with Gasteiger partial charge in [-0.15, -0.1) is 0 Å². The maximum Gasteiger partial charge on any atom is 0.250 e. The molecule has 0 aliphatic carbocycles. The molecule has 1 aromatic heterocycles. The summed E-state index contributed by atoms with van der Waals surface area (Å²) in [7, 11) is 1.71. The Morgan fingerprint density at radius 2 is 1.88 bits per heavy atom. The molecule has 2 aromatic rings. The number of phenols is 1. The molecule has 0 unspecified atom stereocenters. The number of aromatic nitrogens is 1. The fourth-order valence-corrected chi connectivity index (χ4v) is 1.77. The van der Waals surface area contributed by atoms with Gasteiger partial charge in [0.05, 0.1) is 0 Å². The van der Waals surface area contributed by atoms with Crippen LogP contribution in [0.25, 0.3) is 11.1 Å². The van der Waals surface area contributed by atoms with Crippen molar-refractivity contribution in [1.29, 1.82) is 0 Å². The summed E-state index contributed by atoms with van der Waals surface area (Å²) in [6, 6.07) is 8.95. The van der Waals surface area contributed by atoms with E-state index in [0.29, 0.717) is 0 Å². The fourth-order valence-electron chi connectivity index (χ4n) is 1.77. The fraction of sp³-hybridized carbons (Fsp3) is 0.214. The summed E-state index contributed by atoms with van der Waals surface area (Å²) < 4.78 is 1.52. The number of hydrogen-bond donors (Lipinski definition) is 1. The van der Waals surface area contributed by atoms with E-state index in [2.05, 4.69) is 0 Å². The van der Waals surface area contributed by atoms with Crippen molar-refractivity contribution >= 4 is 0 Å². The van der Waals surface area contributed by atoms with E-state index in [1.165, 1.54) is 4.57 Å². The number of aromatic hydroxyl groups is 1. The first-order valence-corrected chi connectivity index (χ1v) is 5.60. The molecule has 0 spiro atoms. The second-order valence-corrected chi connectivity index (χ2v) is 4.06. The molecule has 88 valence electrons. The predicted molar refractivity (Wildman–Crippen MR) is 68.2 cm³/mol. The molecule has 0 radical (unpaired) electrons. The van der Waals surface area contributed by atoms with Crippen molar-refractivity contribution in [2.45, 2.75) is 13.3 Å². The predicted octanol–water partition coefficient (Wildman–Crippen LogP) is 2.32. The average molecular weight is 229 g/mol. The summed E-state index contributed by atoms with van der Waals surface area (Å²) >= 11 is 0. The molecule has 17 heavy (non-hydrogen) atoms. The lowest BCUT2D eigenvalue weighted by Crippen LogP contribution is -2.14. The van der Waals surface area contributed by atoms with Gasteiger partial charge in [0.25, 0.3) is 5.56 Å². The minimum absolute atomic E-state index is 0.0541. The van der Waals surface area contributed by atoms with Gasteiger partial charge in [0.1, 0.15) is 5.75 Å². The van der Waals surface area contributed by atoms with Crippen molar-refractivity contribution in [2.75, 3.05) is 0 Å². The van der Waals surface area contributed by atoms with E-state index in [-0.39, 0.29) is 11.3 Å². The van der Waals surface area contributed by atoms with Crippen LogP contribution in [0.1, 0.15) is 12.5 Å². The third-order valence-corrected chi connectivity index (χ3v) is 2.90. The van der Waals surface area contributed by atoms with E-state index >= 15 is 0 Å². The van der Waals surface area contributed by atoms with Crippen molar-refractivity contribution in [3.8, 4) is 16.9 Å². The van der Waals surface area contributed by atoms with Gasteiger partial charge in [-0.25, -0.2) is 0 Å². The lowest BCUT2D eigenvalue weighted by atomic mass is 10.0. The molecule has 3 nitrogen and oxygen atoms in total. The van der Waals surface area contributed by atoms with E-state index in [0.717, 1.165) is 23.1 Å². The highest BCUT2D eigenvalue weighted by atomic mass is 16.3. The van der Waals surface area contributed by atoms with Crippen LogP contribution in [0.4, 0.5) is 0 Å². The first-order valence-electron chi connectivity index (χ1n) is 5.60. The van der Waals surface area contributed by atoms with Gasteiger partial charge in [-0.2, -0.15) is 0 Å². The molecule has 0 saturated carbocycles. The lowest BCUT2D eigenvalue weighted by Gasteiger charge is -2.06. The molecule has 0 saturated heterocycles. The Hall–Kier alpha value is -2.03. The summed E-state index contributed by atoms with van der Waals surface area (Å²) in [6.07, 6.45) is 2.52. The Labute approximate surface area is 100.0 Å². The van der Waals surface area contributed by atoms with E-state index in [1.807, 2.05) is 25.1 Å². The van der Waals surface area contributed by atoms with Crippen molar-refractivity contribution in [2.24, 2.45) is 7.05 Å². The zero-order valence-electron chi connectivity index (χ0n) is 9.97. The van der Waals surface area contributed by atoms with Crippen LogP contribution in [0.2, 0.25) is 0 Å². The number of nitrogens with zero attached hydrogens (tertiary/aromatic N) is 1. The van der Waals surface area contributed by atoms with Crippen LogP contribution in [0.3, 0.4) is 0 Å². The first kappa shape index (κ1) is 11.5. The minimum Gasteiger partial charge on any atom is -0.508 e. The smallest absolute Gasteiger partial charge is 0.250 e. The molecule has 1 aromatic carbocycles. The number of phenolic OH excluding ortho intramolecular Hbond substituents is 1. The van der Waals surface area contributed by atoms with Crippen LogP contribution in [0.15, 0.2) is 41.3 Å². The lowest BCUT2D eigenvalue weighted by molar-refractivity contribution is 0.469. The summed E-state index contributed by atoms with van der Waals surface area (Å²) in [5.41, 5.74) is 2.54. The van der Waals surface area contributed by atoms with Gasteiger partial charge in [-0.05, 0) is 35.2 Å². The zero-order valence-corrected chi connectivity index (χ0v) is 9.97. The highest BCUT2D eigenvalue weighted by Gasteiger charge is 2.04. The molecule has 0 atom stereocenters. The van der Waals surface area contributed by atoms with E-state index in [4.69, 9.17) is 0 Å². The Morgan fingerprint density at radius 1 is 1.18 bits per heavy atom. The van der Waals surface area contributed by atoms with Crippen molar-refractivity contribution in [1.82, 2.24) is 4.57 Å². The summed E-state index contributed by atoms with van der Waals surface area (Å²) in [5.74, 6) is 0.283. The summed E-state index contributed by atoms with van der Waals surface area (Å²) in [5, 5.41) is 9.79. The Kier molecular flexibility index (Phi) is 3.00. The molecule has 3 heteroatoms. The Balaban J connectivity index is 2.50. The van der Waals surface area contributed by atoms with Gasteiger partial charge in [0.2, 0.25) is 0 Å². The zero-order chi connectivity index (χ0) is 12.4. The molecular formula is C14H15NO2. The largest absolute Gasteiger partial charge is 0.508 e. The van der Waals surface area contributed by atoms with Crippen LogP contribution < -0.4 is 5.56 Å². The van der Waals surface area contributed by atoms with Crippen LogP contribution in [-0.2, 0) is 13.5 Å². The molecule has 0 aliphatic rings. The highest BCUT2D eigenvalue weighted by molar-refractivity contribution is 5.65. The SMILES string of the molecule is CCc1ccc(-c2ccn(C)c(=O)c2)cc1O. The van der Waals surface area contributed by atoms with E-state index in [9.17, 15) is 9.90 Å². The number of pyridine rings is 1. The number of benzene rings is 1. The molecule has 0 aliphatic heterocycles. The van der Waals surface area contributed by atoms with Crippen LogP contribution in [-0.4, -0.2) is 9.67 Å². The van der Waals surface area contributed by atoms with E-state index < -0.39 is 0 Å². The highest BCUT2D eigenvalue weighted by Crippen LogP contribution is 2.25. The third-order valence-electron chi connectivity index (χ3n) is 2.90. The van der Waals surface area contributed by atoms with Crippen molar-refractivity contribution in [3.05, 3.63) is 52.4 Å². The average Bonchev–Trinajstić information content (AvgIpc) is 2.32. The standard InChI is InChI=1S/C14H15NO2/c1-3-10-4-5-11(8-13(10)16)12-6-7-15(2)14(17)9-12/h4-9,16H,3H2,1-2H3. The monoisotopic (exact) mass is 229 g/mol. The second-order valence-electron chi connectivity index (χ2n) is 4.06. The molecule has 1 N–H and O–H groups in total. The first-order chi connectivity index (χ1) is 8.11. The quantitative estimate of drug-likeness (QED) is 0.858. The van der Waals surface area contributed by atoms with Crippen LogP contribution >= 0.6 is 0 Å². The number of hydrogen-bond acceptors (Lipinski definition) is 2. The topological polar surface area (TPSA) is 42.2 Å². The molecule has 2 rings (SSSR count). The van der Waals surface area contributed by atoms with E-state index in [1.54, 1.807) is 25.4 Å². The van der Waals surface area contributed by atoms with Gasteiger partial charge in [-0.3, -0.25) is 4.79 Å². The summed E-state index contributed by atoms with van der Waals surface area (Å²) in [4.78, 5) is 11.5. The minimum atomic E-state index is -0.0541. The molecular weight excluding hydrogens is 214 g/mol. The van der Waals surface area contributed by atoms with Crippen molar-refractivity contribution in [3.63, 3.8) is 0 Å². The van der Waals surface area contributed by atoms with Gasteiger partial charge < -0.3 is 9.67 Å². The molecule has 1 heterocycles. The maximum absolute atomic E-state index is 11.5. The molecule has 0 amide bonds. The molecule has 0 bridgehead atoms. The second kappa shape index (κ2) is 4.45. The Morgan fingerprint density at radius 3 is 2.47 bits per heavy atom. The Bertz CT molecular complexity index is 599. The number of rotatable bonds is 2. The van der Waals surface area contributed by atoms with Gasteiger partial charge in [0, 0.05) is 19.3 Å². The third kappa shape index (κ3) is 2.23. The van der Waals surface area contributed by atoms with Crippen LogP contribution in [0, 0.1) is 0 Å². The van der Waals surface area contributed by atoms with Gasteiger partial charge in [0.15, 0.2) is 0 Å². The normalized spacial score (nSPS) is 10.5. The van der Waals surface area contributed by atoms with Gasteiger partial charge >= 0.3 is 0 Å². The summed E-state index contributed by atoms with van der Waals surface area (Å²) in [6.45, 7) is 1.99. The van der Waals surface area contributed by atoms with Gasteiger partial charge in [-0.1, -0.05) is 19.1 Å². The molecule has 0 fully saturated rings. The van der Waals surface area contributed by atoms with Crippen molar-refractivity contribution < 1.29 is 5.11 Å².